The van der Waals surface area contributed by atoms with Crippen LogP contribution in [0.3, 0.4) is 0 Å². The number of aromatic amines is 1. The topological polar surface area (TPSA) is 122 Å². The standard InChI is InChI=1S/C23H24N5O4P/c1-31-21-9-5-6-19(15-21)18-12-10-17(11-13-18)14-22(23-25-27-28-26-23)24-16-33(29,30)32-20-7-3-2-4-8-20/h2-13,15,22,24H,14,16H2,1H3,(H,29,30)(H,25,26,27,28). The van der Waals surface area contributed by atoms with Crippen molar-refractivity contribution in [2.24, 2.45) is 0 Å². The fraction of sp³-hybridized carbons (Fsp3) is 0.174. The van der Waals surface area contributed by atoms with Gasteiger partial charge in [-0.1, -0.05) is 54.6 Å². The van der Waals surface area contributed by atoms with Gasteiger partial charge in [-0.25, -0.2) is 9.66 Å². The lowest BCUT2D eigenvalue weighted by Gasteiger charge is -2.19. The molecule has 0 radical (unpaired) electrons. The number of hydrogen-bond donors (Lipinski definition) is 3. The first-order chi connectivity index (χ1) is 16.0. The van der Waals surface area contributed by atoms with Crippen LogP contribution in [-0.2, 0) is 11.0 Å². The summed E-state index contributed by atoms with van der Waals surface area (Å²) in [5, 5.41) is 17.0. The second-order valence-electron chi connectivity index (χ2n) is 7.38. The highest BCUT2D eigenvalue weighted by Crippen LogP contribution is 2.41. The molecule has 4 rings (SSSR count). The molecule has 0 bridgehead atoms. The maximum atomic E-state index is 12.6. The molecule has 2 atom stereocenters. The van der Waals surface area contributed by atoms with Crippen molar-refractivity contribution in [2.75, 3.05) is 13.4 Å². The second kappa shape index (κ2) is 10.4. The van der Waals surface area contributed by atoms with Crippen molar-refractivity contribution in [1.29, 1.82) is 0 Å². The highest BCUT2D eigenvalue weighted by Gasteiger charge is 2.25. The van der Waals surface area contributed by atoms with Gasteiger partial charge in [-0.3, -0.25) is 5.32 Å². The van der Waals surface area contributed by atoms with E-state index in [1.807, 2.05) is 48.5 Å². The molecule has 3 N–H and O–H groups in total. The zero-order chi connectivity index (χ0) is 23.1. The zero-order valence-electron chi connectivity index (χ0n) is 18.0. The van der Waals surface area contributed by atoms with E-state index in [9.17, 15) is 9.46 Å². The average molecular weight is 465 g/mol. The molecular weight excluding hydrogens is 441 g/mol. The minimum atomic E-state index is -3.94. The van der Waals surface area contributed by atoms with E-state index >= 15 is 0 Å². The van der Waals surface area contributed by atoms with Crippen LogP contribution in [0.15, 0.2) is 78.9 Å². The number of H-pyrrole nitrogens is 1. The summed E-state index contributed by atoms with van der Waals surface area (Å²) >= 11 is 0. The quantitative estimate of drug-likeness (QED) is 0.301. The van der Waals surface area contributed by atoms with Gasteiger partial charge >= 0.3 is 7.60 Å². The third kappa shape index (κ3) is 6.26. The van der Waals surface area contributed by atoms with Crippen LogP contribution < -0.4 is 14.6 Å². The Balaban J connectivity index is 1.45. The number of aromatic nitrogens is 4. The van der Waals surface area contributed by atoms with Gasteiger partial charge < -0.3 is 14.2 Å². The van der Waals surface area contributed by atoms with Gasteiger partial charge in [-0.2, -0.15) is 0 Å². The van der Waals surface area contributed by atoms with Crippen molar-refractivity contribution in [2.45, 2.75) is 12.5 Å². The van der Waals surface area contributed by atoms with Crippen LogP contribution in [0.2, 0.25) is 0 Å². The number of methoxy groups -OCH3 is 1. The van der Waals surface area contributed by atoms with Crippen LogP contribution >= 0.6 is 7.60 Å². The third-order valence-electron chi connectivity index (χ3n) is 5.02. The van der Waals surface area contributed by atoms with Crippen LogP contribution in [-0.4, -0.2) is 38.9 Å². The van der Waals surface area contributed by atoms with Gasteiger partial charge in [0.1, 0.15) is 17.8 Å². The monoisotopic (exact) mass is 465 g/mol. The highest BCUT2D eigenvalue weighted by molar-refractivity contribution is 7.53. The van der Waals surface area contributed by atoms with Crippen LogP contribution in [0.5, 0.6) is 11.5 Å². The van der Waals surface area contributed by atoms with E-state index in [0.717, 1.165) is 22.4 Å². The molecule has 0 spiro atoms. The normalized spacial score (nSPS) is 13.8. The molecule has 0 fully saturated rings. The number of hydrogen-bond acceptors (Lipinski definition) is 7. The molecule has 10 heteroatoms. The van der Waals surface area contributed by atoms with Gasteiger partial charge in [0.25, 0.3) is 0 Å². The lowest BCUT2D eigenvalue weighted by Crippen LogP contribution is -2.26. The van der Waals surface area contributed by atoms with Crippen molar-refractivity contribution in [1.82, 2.24) is 25.9 Å². The van der Waals surface area contributed by atoms with E-state index in [-0.39, 0.29) is 6.29 Å². The molecule has 3 aromatic carbocycles. The van der Waals surface area contributed by atoms with E-state index < -0.39 is 13.6 Å². The molecule has 1 heterocycles. The second-order valence-corrected chi connectivity index (χ2v) is 9.15. The molecule has 4 aromatic rings. The summed E-state index contributed by atoms with van der Waals surface area (Å²) in [6, 6.07) is 24.0. The summed E-state index contributed by atoms with van der Waals surface area (Å²) in [6.45, 7) is 0. The van der Waals surface area contributed by atoms with E-state index in [4.69, 9.17) is 9.26 Å². The first kappa shape index (κ1) is 22.7. The van der Waals surface area contributed by atoms with Gasteiger partial charge in [0.2, 0.25) is 0 Å². The van der Waals surface area contributed by atoms with Crippen molar-refractivity contribution < 1.29 is 18.7 Å². The average Bonchev–Trinajstić information content (AvgIpc) is 3.37. The Morgan fingerprint density at radius 1 is 1.00 bits per heavy atom. The molecule has 0 saturated heterocycles. The summed E-state index contributed by atoms with van der Waals surface area (Å²) in [7, 11) is -2.29. The summed E-state index contributed by atoms with van der Waals surface area (Å²) in [5.41, 5.74) is 3.11. The fourth-order valence-electron chi connectivity index (χ4n) is 3.36. The van der Waals surface area contributed by atoms with E-state index in [0.29, 0.717) is 18.0 Å². The number of para-hydroxylation sites is 1. The third-order valence-corrected chi connectivity index (χ3v) is 6.10. The van der Waals surface area contributed by atoms with E-state index in [1.165, 1.54) is 0 Å². The fourth-order valence-corrected chi connectivity index (χ4v) is 4.32. The smallest absolute Gasteiger partial charge is 0.390 e. The molecule has 0 aliphatic heterocycles. The Hall–Kier alpha value is -3.52. The number of ether oxygens (including phenoxy) is 1. The Morgan fingerprint density at radius 3 is 2.45 bits per heavy atom. The van der Waals surface area contributed by atoms with Gasteiger partial charge in [0.15, 0.2) is 5.82 Å². The van der Waals surface area contributed by atoms with Gasteiger partial charge in [-0.05, 0) is 57.8 Å². The zero-order valence-corrected chi connectivity index (χ0v) is 18.9. The first-order valence-electron chi connectivity index (χ1n) is 10.3. The number of benzene rings is 3. The number of nitrogens with one attached hydrogen (secondary N) is 2. The Bertz CT molecular complexity index is 1200. The van der Waals surface area contributed by atoms with E-state index in [1.54, 1.807) is 37.4 Å². The molecule has 0 amide bonds. The maximum absolute atomic E-state index is 12.6. The van der Waals surface area contributed by atoms with Crippen LogP contribution in [0, 0.1) is 0 Å². The summed E-state index contributed by atoms with van der Waals surface area (Å²) in [4.78, 5) is 10.3. The molecule has 9 nitrogen and oxygen atoms in total. The molecule has 0 aliphatic carbocycles. The number of tetrazole rings is 1. The lowest BCUT2D eigenvalue weighted by molar-refractivity contribution is 0.368. The Kier molecular flexibility index (Phi) is 7.14. The Morgan fingerprint density at radius 2 is 1.76 bits per heavy atom. The largest absolute Gasteiger partial charge is 0.497 e. The molecule has 170 valence electrons. The van der Waals surface area contributed by atoms with Crippen LogP contribution in [0.25, 0.3) is 11.1 Å². The molecule has 1 aromatic heterocycles. The van der Waals surface area contributed by atoms with Crippen LogP contribution in [0.4, 0.5) is 0 Å². The molecule has 0 aliphatic rings. The SMILES string of the molecule is COc1cccc(-c2ccc(CC(NCP(=O)(O)Oc3ccccc3)c3nnn[nH]3)cc2)c1. The molecular formula is C23H24N5O4P. The molecule has 2 unspecified atom stereocenters. The molecule has 33 heavy (non-hydrogen) atoms. The van der Waals surface area contributed by atoms with Crippen molar-refractivity contribution >= 4 is 7.60 Å². The van der Waals surface area contributed by atoms with Crippen molar-refractivity contribution in [3.8, 4) is 22.6 Å². The van der Waals surface area contributed by atoms with Gasteiger partial charge in [0, 0.05) is 0 Å². The van der Waals surface area contributed by atoms with Crippen LogP contribution in [0.1, 0.15) is 17.4 Å². The lowest BCUT2D eigenvalue weighted by atomic mass is 10.0. The minimum absolute atomic E-state index is 0.269. The summed E-state index contributed by atoms with van der Waals surface area (Å²) in [6.07, 6.45) is 0.232. The highest BCUT2D eigenvalue weighted by atomic mass is 31.2. The minimum Gasteiger partial charge on any atom is -0.497 e. The first-order valence-corrected chi connectivity index (χ1v) is 12.1. The van der Waals surface area contributed by atoms with Crippen molar-refractivity contribution in [3.05, 3.63) is 90.3 Å². The maximum Gasteiger partial charge on any atom is 0.390 e. The predicted molar refractivity (Wildman–Crippen MR) is 124 cm³/mol. The predicted octanol–water partition coefficient (Wildman–Crippen LogP) is 3.97. The van der Waals surface area contributed by atoms with E-state index in [2.05, 4.69) is 25.9 Å². The number of nitrogens with zero attached hydrogens (tertiary/aromatic N) is 3. The summed E-state index contributed by atoms with van der Waals surface area (Å²) < 4.78 is 23.1. The summed E-state index contributed by atoms with van der Waals surface area (Å²) in [5.74, 6) is 1.59. The van der Waals surface area contributed by atoms with Gasteiger partial charge in [-0.15, -0.1) is 5.10 Å². The molecule has 0 saturated carbocycles. The van der Waals surface area contributed by atoms with Gasteiger partial charge in [0.05, 0.1) is 13.2 Å². The van der Waals surface area contributed by atoms with Crippen molar-refractivity contribution in [3.63, 3.8) is 0 Å². The number of rotatable bonds is 10. The Labute approximate surface area is 191 Å².